The van der Waals surface area contributed by atoms with Gasteiger partial charge in [0.2, 0.25) is 15.9 Å². The van der Waals surface area contributed by atoms with Gasteiger partial charge in [0.15, 0.2) is 0 Å². The number of hydrogen-bond donors (Lipinski definition) is 0. The van der Waals surface area contributed by atoms with Crippen LogP contribution in [-0.2, 0) is 14.8 Å². The maximum absolute atomic E-state index is 12.9. The third kappa shape index (κ3) is 4.85. The molecular formula is C18H25BrClN3O3S. The Hall–Kier alpha value is -0.670. The molecule has 0 bridgehead atoms. The van der Waals surface area contributed by atoms with Crippen molar-refractivity contribution >= 4 is 43.5 Å². The predicted molar refractivity (Wildman–Crippen MR) is 109 cm³/mol. The average Bonchev–Trinajstić information content (AvgIpc) is 2.62. The molecule has 2 aliphatic heterocycles. The Morgan fingerprint density at radius 2 is 1.89 bits per heavy atom. The summed E-state index contributed by atoms with van der Waals surface area (Å²) in [6.45, 7) is 5.09. The Morgan fingerprint density at radius 1 is 1.19 bits per heavy atom. The molecule has 3 rings (SSSR count). The van der Waals surface area contributed by atoms with Crippen LogP contribution in [-0.4, -0.2) is 73.7 Å². The van der Waals surface area contributed by atoms with Crippen LogP contribution in [0.25, 0.3) is 0 Å². The van der Waals surface area contributed by atoms with Crippen molar-refractivity contribution in [3.63, 3.8) is 0 Å². The summed E-state index contributed by atoms with van der Waals surface area (Å²) in [7, 11) is -3.63. The summed E-state index contributed by atoms with van der Waals surface area (Å²) < 4.78 is 27.9. The lowest BCUT2D eigenvalue weighted by Crippen LogP contribution is -2.53. The van der Waals surface area contributed by atoms with Gasteiger partial charge in [-0.1, -0.05) is 27.5 Å². The van der Waals surface area contributed by atoms with Gasteiger partial charge in [-0.25, -0.2) is 8.42 Å². The highest BCUT2D eigenvalue weighted by atomic mass is 79.9. The van der Waals surface area contributed by atoms with E-state index in [1.54, 1.807) is 12.1 Å². The zero-order valence-corrected chi connectivity index (χ0v) is 18.6. The molecule has 150 valence electrons. The van der Waals surface area contributed by atoms with Gasteiger partial charge in [0, 0.05) is 43.2 Å². The van der Waals surface area contributed by atoms with Crippen LogP contribution < -0.4 is 0 Å². The van der Waals surface area contributed by atoms with Gasteiger partial charge in [0.25, 0.3) is 0 Å². The van der Waals surface area contributed by atoms with Crippen molar-refractivity contribution < 1.29 is 13.2 Å². The van der Waals surface area contributed by atoms with Gasteiger partial charge in [-0.2, -0.15) is 4.31 Å². The maximum Gasteiger partial charge on any atom is 0.244 e. The van der Waals surface area contributed by atoms with Gasteiger partial charge in [0.1, 0.15) is 4.90 Å². The Bertz CT molecular complexity index is 797. The van der Waals surface area contributed by atoms with Gasteiger partial charge < -0.3 is 4.90 Å². The third-order valence-electron chi connectivity index (χ3n) is 5.33. The van der Waals surface area contributed by atoms with Crippen LogP contribution >= 0.6 is 27.5 Å². The first kappa shape index (κ1) is 21.0. The van der Waals surface area contributed by atoms with Crippen molar-refractivity contribution in [1.29, 1.82) is 0 Å². The number of piperidine rings is 1. The molecule has 2 aliphatic rings. The second-order valence-corrected chi connectivity index (χ2v) is 10.4. The summed E-state index contributed by atoms with van der Waals surface area (Å²) in [6.07, 6.45) is 3.31. The highest BCUT2D eigenvalue weighted by molar-refractivity contribution is 9.10. The lowest BCUT2D eigenvalue weighted by molar-refractivity contribution is -0.135. The standard InChI is InChI=1S/C18H25BrClN3O3S/c1-14-4-2-3-7-23(14)18(24)13-21-8-10-22(11-9-21)27(25,26)17-6-5-15(19)12-16(17)20/h5-6,12,14H,2-4,7-11,13H2,1H3/t14-/m1/s1. The summed E-state index contributed by atoms with van der Waals surface area (Å²) in [4.78, 5) is 16.7. The third-order valence-corrected chi connectivity index (χ3v) is 8.20. The Morgan fingerprint density at radius 3 is 2.52 bits per heavy atom. The molecule has 0 N–H and O–H groups in total. The lowest BCUT2D eigenvalue weighted by Gasteiger charge is -2.37. The molecule has 2 fully saturated rings. The number of benzene rings is 1. The number of likely N-dealkylation sites (tertiary alicyclic amines) is 1. The first-order chi connectivity index (χ1) is 12.8. The maximum atomic E-state index is 12.9. The molecule has 0 spiro atoms. The van der Waals surface area contributed by atoms with E-state index in [2.05, 4.69) is 22.9 Å². The second-order valence-electron chi connectivity index (χ2n) is 7.19. The number of halogens is 2. The molecule has 0 radical (unpaired) electrons. The second kappa shape index (κ2) is 8.78. The van der Waals surface area contributed by atoms with Gasteiger partial charge in [0.05, 0.1) is 11.6 Å². The minimum Gasteiger partial charge on any atom is -0.339 e. The number of carbonyl (C=O) groups excluding carboxylic acids is 1. The van der Waals surface area contributed by atoms with E-state index < -0.39 is 10.0 Å². The zero-order chi connectivity index (χ0) is 19.6. The average molecular weight is 479 g/mol. The molecule has 1 amide bonds. The van der Waals surface area contributed by atoms with Crippen molar-refractivity contribution in [1.82, 2.24) is 14.1 Å². The highest BCUT2D eigenvalue weighted by Gasteiger charge is 2.32. The highest BCUT2D eigenvalue weighted by Crippen LogP contribution is 2.28. The van der Waals surface area contributed by atoms with E-state index in [1.807, 2.05) is 9.80 Å². The molecule has 2 heterocycles. The first-order valence-electron chi connectivity index (χ1n) is 9.26. The summed E-state index contributed by atoms with van der Waals surface area (Å²) in [5.41, 5.74) is 0. The van der Waals surface area contributed by atoms with Crippen LogP contribution in [0, 0.1) is 0 Å². The fraction of sp³-hybridized carbons (Fsp3) is 0.611. The quantitative estimate of drug-likeness (QED) is 0.668. The van der Waals surface area contributed by atoms with Gasteiger partial charge in [-0.15, -0.1) is 0 Å². The fourth-order valence-electron chi connectivity index (χ4n) is 3.70. The van der Waals surface area contributed by atoms with E-state index in [0.717, 1.165) is 23.9 Å². The van der Waals surface area contributed by atoms with Crippen molar-refractivity contribution in [2.75, 3.05) is 39.3 Å². The van der Waals surface area contributed by atoms with E-state index in [4.69, 9.17) is 11.6 Å². The van der Waals surface area contributed by atoms with Crippen LogP contribution in [0.3, 0.4) is 0 Å². The summed E-state index contributed by atoms with van der Waals surface area (Å²) in [5, 5.41) is 0.209. The number of amides is 1. The minimum atomic E-state index is -3.63. The molecule has 2 saturated heterocycles. The van der Waals surface area contributed by atoms with Crippen molar-refractivity contribution in [3.8, 4) is 0 Å². The molecule has 0 saturated carbocycles. The minimum absolute atomic E-state index is 0.124. The number of piperazine rings is 1. The first-order valence-corrected chi connectivity index (χ1v) is 11.9. The molecular weight excluding hydrogens is 454 g/mol. The van der Waals surface area contributed by atoms with Crippen LogP contribution in [0.5, 0.6) is 0 Å². The smallest absolute Gasteiger partial charge is 0.244 e. The van der Waals surface area contributed by atoms with E-state index in [-0.39, 0.29) is 15.8 Å². The molecule has 1 atom stereocenters. The number of sulfonamides is 1. The van der Waals surface area contributed by atoms with Gasteiger partial charge in [-0.3, -0.25) is 9.69 Å². The summed E-state index contributed by atoms with van der Waals surface area (Å²) in [6, 6.07) is 5.08. The molecule has 1 aromatic carbocycles. The van der Waals surface area contributed by atoms with Crippen molar-refractivity contribution in [2.45, 2.75) is 37.1 Å². The van der Waals surface area contributed by atoms with E-state index in [9.17, 15) is 13.2 Å². The Balaban J connectivity index is 1.59. The summed E-state index contributed by atoms with van der Waals surface area (Å²) >= 11 is 9.43. The lowest BCUT2D eigenvalue weighted by atomic mass is 10.0. The number of rotatable bonds is 4. The van der Waals surface area contributed by atoms with Crippen LogP contribution in [0.2, 0.25) is 5.02 Å². The number of carbonyl (C=O) groups is 1. The normalized spacial score (nSPS) is 22.8. The molecule has 1 aromatic rings. The molecule has 9 heteroatoms. The van der Waals surface area contributed by atoms with E-state index >= 15 is 0 Å². The van der Waals surface area contributed by atoms with E-state index in [0.29, 0.717) is 38.8 Å². The molecule has 27 heavy (non-hydrogen) atoms. The predicted octanol–water partition coefficient (Wildman–Crippen LogP) is 2.81. The van der Waals surface area contributed by atoms with Gasteiger partial charge >= 0.3 is 0 Å². The fourth-order valence-corrected chi connectivity index (χ4v) is 6.14. The van der Waals surface area contributed by atoms with Crippen LogP contribution in [0.15, 0.2) is 27.6 Å². The molecule has 0 unspecified atom stereocenters. The largest absolute Gasteiger partial charge is 0.339 e. The topological polar surface area (TPSA) is 60.9 Å². The summed E-state index contributed by atoms with van der Waals surface area (Å²) in [5.74, 6) is 0.148. The van der Waals surface area contributed by atoms with Crippen LogP contribution in [0.1, 0.15) is 26.2 Å². The number of nitrogens with zero attached hydrogens (tertiary/aromatic N) is 3. The van der Waals surface area contributed by atoms with Crippen molar-refractivity contribution in [3.05, 3.63) is 27.7 Å². The molecule has 0 aromatic heterocycles. The zero-order valence-electron chi connectivity index (χ0n) is 15.4. The van der Waals surface area contributed by atoms with E-state index in [1.165, 1.54) is 16.8 Å². The SMILES string of the molecule is C[C@@H]1CCCCN1C(=O)CN1CCN(S(=O)(=O)c2ccc(Br)cc2Cl)CC1. The Labute approximate surface area is 174 Å². The monoisotopic (exact) mass is 477 g/mol. The van der Waals surface area contributed by atoms with Crippen LogP contribution in [0.4, 0.5) is 0 Å². The number of hydrogen-bond acceptors (Lipinski definition) is 4. The van der Waals surface area contributed by atoms with Gasteiger partial charge in [-0.05, 0) is 44.4 Å². The molecule has 0 aliphatic carbocycles. The molecule has 6 nitrogen and oxygen atoms in total. The Kier molecular flexibility index (Phi) is 6.84. The van der Waals surface area contributed by atoms with Crippen molar-refractivity contribution in [2.24, 2.45) is 0 Å².